The van der Waals surface area contributed by atoms with Crippen LogP contribution in [-0.2, 0) is 20.9 Å². The molecule has 2 amide bonds. The van der Waals surface area contributed by atoms with Crippen molar-refractivity contribution in [2.24, 2.45) is 0 Å². The van der Waals surface area contributed by atoms with Crippen LogP contribution >= 0.6 is 0 Å². The standard InChI is InChI=1S/C34H33FN6O5/c1-6-41(33(44)45-34(3,4)5)46-32(43)22-16-23(35)18-24(17-22)38-30(42)20-40-19-27(31(39-40)29-13-9-10-21(2)37-29)25-14-15-36-28-12-8-7-11-26(25)28/h7-19H,6,20H2,1-5H3,(H,38,42). The molecule has 0 bridgehead atoms. The minimum atomic E-state index is -1.00. The second-order valence-corrected chi connectivity index (χ2v) is 11.5. The SMILES string of the molecule is CCN(OC(=O)c1cc(F)cc(NC(=O)Cn2cc(-c3ccnc4ccccc34)c(-c3cccc(C)n3)n2)c1)C(=O)OC(C)(C)C. The van der Waals surface area contributed by atoms with Crippen molar-refractivity contribution >= 4 is 34.6 Å². The predicted molar refractivity (Wildman–Crippen MR) is 170 cm³/mol. The van der Waals surface area contributed by atoms with Gasteiger partial charge in [0.2, 0.25) is 5.91 Å². The molecule has 1 N–H and O–H groups in total. The molecule has 11 nitrogen and oxygen atoms in total. The van der Waals surface area contributed by atoms with E-state index in [0.717, 1.165) is 44.9 Å². The number of hydrogen-bond acceptors (Lipinski definition) is 8. The Labute approximate surface area is 264 Å². The van der Waals surface area contributed by atoms with Gasteiger partial charge in [0.25, 0.3) is 0 Å². The van der Waals surface area contributed by atoms with Crippen molar-refractivity contribution in [1.82, 2.24) is 24.8 Å². The molecule has 0 aliphatic rings. The van der Waals surface area contributed by atoms with Crippen LogP contribution in [0.15, 0.2) is 79.1 Å². The molecule has 0 radical (unpaired) electrons. The van der Waals surface area contributed by atoms with Gasteiger partial charge in [0.15, 0.2) is 0 Å². The molecule has 0 unspecified atom stereocenters. The number of amides is 2. The molecule has 2 aromatic carbocycles. The fourth-order valence-electron chi connectivity index (χ4n) is 4.72. The number of hydroxylamine groups is 2. The van der Waals surface area contributed by atoms with Gasteiger partial charge in [-0.25, -0.2) is 14.0 Å². The zero-order chi connectivity index (χ0) is 33.0. The van der Waals surface area contributed by atoms with Crippen LogP contribution < -0.4 is 5.32 Å². The number of carbonyl (C=O) groups excluding carboxylic acids is 3. The van der Waals surface area contributed by atoms with E-state index in [2.05, 4.69) is 15.3 Å². The molecule has 3 aromatic heterocycles. The quantitative estimate of drug-likeness (QED) is 0.201. The van der Waals surface area contributed by atoms with Crippen LogP contribution in [0.25, 0.3) is 33.4 Å². The summed E-state index contributed by atoms with van der Waals surface area (Å²) in [5.41, 5.74) is 3.45. The molecule has 3 heterocycles. The highest BCUT2D eigenvalue weighted by atomic mass is 19.1. The molecule has 46 heavy (non-hydrogen) atoms. The van der Waals surface area contributed by atoms with E-state index in [0.29, 0.717) is 11.4 Å². The van der Waals surface area contributed by atoms with Gasteiger partial charge in [-0.15, -0.1) is 5.06 Å². The zero-order valence-corrected chi connectivity index (χ0v) is 26.1. The molecule has 0 saturated heterocycles. The van der Waals surface area contributed by atoms with E-state index in [1.54, 1.807) is 40.1 Å². The molecule has 0 atom stereocenters. The van der Waals surface area contributed by atoms with Crippen molar-refractivity contribution in [3.63, 3.8) is 0 Å². The lowest BCUT2D eigenvalue weighted by Crippen LogP contribution is -2.38. The summed E-state index contributed by atoms with van der Waals surface area (Å²) in [5, 5.41) is 8.97. The van der Waals surface area contributed by atoms with Gasteiger partial charge in [0.1, 0.15) is 23.7 Å². The number of aryl methyl sites for hydroxylation is 1. The van der Waals surface area contributed by atoms with Gasteiger partial charge in [0, 0.05) is 34.7 Å². The topological polar surface area (TPSA) is 129 Å². The summed E-state index contributed by atoms with van der Waals surface area (Å²) in [6, 6.07) is 18.5. The summed E-state index contributed by atoms with van der Waals surface area (Å²) in [7, 11) is 0. The molecule has 5 rings (SSSR count). The van der Waals surface area contributed by atoms with E-state index in [1.165, 1.54) is 10.7 Å². The number of nitrogens with one attached hydrogen (secondary N) is 1. The summed E-state index contributed by atoms with van der Waals surface area (Å²) in [4.78, 5) is 52.6. The third kappa shape index (κ3) is 7.52. The van der Waals surface area contributed by atoms with E-state index < -0.39 is 29.4 Å². The van der Waals surface area contributed by atoms with Gasteiger partial charge in [-0.1, -0.05) is 24.3 Å². The fourth-order valence-corrected chi connectivity index (χ4v) is 4.72. The second kappa shape index (κ2) is 13.1. The Balaban J connectivity index is 1.38. The average Bonchev–Trinajstić information content (AvgIpc) is 3.41. The van der Waals surface area contributed by atoms with Gasteiger partial charge < -0.3 is 14.9 Å². The summed E-state index contributed by atoms with van der Waals surface area (Å²) in [5.74, 6) is -2.31. The number of pyridine rings is 2. The van der Waals surface area contributed by atoms with Gasteiger partial charge >= 0.3 is 12.1 Å². The molecule has 0 spiro atoms. The number of benzene rings is 2. The number of fused-ring (bicyclic) bond motifs is 1. The molecular weight excluding hydrogens is 591 g/mol. The first-order valence-electron chi connectivity index (χ1n) is 14.6. The van der Waals surface area contributed by atoms with Crippen molar-refractivity contribution in [2.45, 2.75) is 46.8 Å². The van der Waals surface area contributed by atoms with Crippen LogP contribution in [-0.4, -0.2) is 54.9 Å². The number of nitrogens with zero attached hydrogens (tertiary/aromatic N) is 5. The van der Waals surface area contributed by atoms with Crippen molar-refractivity contribution in [3.8, 4) is 22.5 Å². The minimum Gasteiger partial charge on any atom is -0.442 e. The van der Waals surface area contributed by atoms with E-state index in [9.17, 15) is 18.8 Å². The Morgan fingerprint density at radius 3 is 2.52 bits per heavy atom. The molecule has 12 heteroatoms. The van der Waals surface area contributed by atoms with E-state index in [4.69, 9.17) is 14.7 Å². The largest absolute Gasteiger partial charge is 0.443 e. The maximum atomic E-state index is 14.6. The number of para-hydroxylation sites is 1. The van der Waals surface area contributed by atoms with Gasteiger partial charge in [-0.2, -0.15) is 5.10 Å². The number of aromatic nitrogens is 4. The normalized spacial score (nSPS) is 11.3. The molecule has 0 saturated carbocycles. The molecular formula is C34H33FN6O5. The summed E-state index contributed by atoms with van der Waals surface area (Å²) >= 11 is 0. The Bertz CT molecular complexity index is 1930. The van der Waals surface area contributed by atoms with E-state index in [-0.39, 0.29) is 24.3 Å². The van der Waals surface area contributed by atoms with Crippen LogP contribution in [0.2, 0.25) is 0 Å². The number of hydrogen-bond donors (Lipinski definition) is 1. The Hall–Kier alpha value is -5.65. The summed E-state index contributed by atoms with van der Waals surface area (Å²) in [6.07, 6.45) is 2.60. The summed E-state index contributed by atoms with van der Waals surface area (Å²) in [6.45, 7) is 8.28. The van der Waals surface area contributed by atoms with Crippen LogP contribution in [0.4, 0.5) is 14.9 Å². The lowest BCUT2D eigenvalue weighted by Gasteiger charge is -2.25. The average molecular weight is 625 g/mol. The maximum Gasteiger partial charge on any atom is 0.443 e. The number of halogens is 1. The number of ether oxygens (including phenoxy) is 1. The third-order valence-corrected chi connectivity index (χ3v) is 6.63. The highest BCUT2D eigenvalue weighted by molar-refractivity contribution is 5.98. The van der Waals surface area contributed by atoms with Crippen molar-refractivity contribution in [1.29, 1.82) is 0 Å². The highest BCUT2D eigenvalue weighted by Crippen LogP contribution is 2.34. The predicted octanol–water partition coefficient (Wildman–Crippen LogP) is 6.58. The van der Waals surface area contributed by atoms with Crippen molar-refractivity contribution < 1.29 is 28.3 Å². The van der Waals surface area contributed by atoms with Gasteiger partial charge in [-0.3, -0.25) is 19.4 Å². The number of rotatable bonds is 7. The lowest BCUT2D eigenvalue weighted by atomic mass is 10.0. The molecule has 0 aliphatic carbocycles. The van der Waals surface area contributed by atoms with Crippen LogP contribution in [0.1, 0.15) is 43.7 Å². The van der Waals surface area contributed by atoms with Gasteiger partial charge in [-0.05, 0) is 82.6 Å². The first kappa shape index (κ1) is 31.8. The van der Waals surface area contributed by atoms with Gasteiger partial charge in [0.05, 0.1) is 23.3 Å². The summed E-state index contributed by atoms with van der Waals surface area (Å²) < 4.78 is 21.3. The van der Waals surface area contributed by atoms with E-state index >= 15 is 0 Å². The second-order valence-electron chi connectivity index (χ2n) is 11.5. The smallest absolute Gasteiger partial charge is 0.442 e. The van der Waals surface area contributed by atoms with Crippen LogP contribution in [0.5, 0.6) is 0 Å². The molecule has 0 fully saturated rings. The molecule has 236 valence electrons. The first-order chi connectivity index (χ1) is 21.9. The van der Waals surface area contributed by atoms with Crippen LogP contribution in [0, 0.1) is 12.7 Å². The number of anilines is 1. The number of carbonyl (C=O) groups is 3. The minimum absolute atomic E-state index is 0.000760. The Kier molecular flexibility index (Phi) is 9.08. The lowest BCUT2D eigenvalue weighted by molar-refractivity contribution is -0.116. The first-order valence-corrected chi connectivity index (χ1v) is 14.6. The molecule has 5 aromatic rings. The Morgan fingerprint density at radius 2 is 1.78 bits per heavy atom. The highest BCUT2D eigenvalue weighted by Gasteiger charge is 2.25. The monoisotopic (exact) mass is 624 g/mol. The van der Waals surface area contributed by atoms with Crippen LogP contribution in [0.3, 0.4) is 0 Å². The van der Waals surface area contributed by atoms with Crippen molar-refractivity contribution in [3.05, 3.63) is 96.2 Å². The fraction of sp³-hybridized carbons (Fsp3) is 0.235. The zero-order valence-electron chi connectivity index (χ0n) is 26.1. The van der Waals surface area contributed by atoms with E-state index in [1.807, 2.05) is 55.5 Å². The Morgan fingerprint density at radius 1 is 1.00 bits per heavy atom. The maximum absolute atomic E-state index is 14.6. The third-order valence-electron chi connectivity index (χ3n) is 6.63. The molecule has 0 aliphatic heterocycles. The van der Waals surface area contributed by atoms with Crippen molar-refractivity contribution in [2.75, 3.05) is 11.9 Å².